The van der Waals surface area contributed by atoms with Crippen molar-refractivity contribution < 1.29 is 4.79 Å². The lowest BCUT2D eigenvalue weighted by atomic mass is 10.1. The van der Waals surface area contributed by atoms with Crippen LogP contribution < -0.4 is 16.2 Å². The number of nitrogens with zero attached hydrogens (tertiary/aromatic N) is 2. The molecule has 1 aromatic heterocycles. The highest BCUT2D eigenvalue weighted by atomic mass is 16.2. The fourth-order valence-electron chi connectivity index (χ4n) is 2.66. The summed E-state index contributed by atoms with van der Waals surface area (Å²) in [4.78, 5) is 18.6. The molecule has 2 aromatic rings. The number of amides is 1. The monoisotopic (exact) mass is 268 g/mol. The number of hydrogen-bond acceptors (Lipinski definition) is 4. The maximum absolute atomic E-state index is 12.7. The van der Waals surface area contributed by atoms with Gasteiger partial charge in [0.1, 0.15) is 5.82 Å². The number of carbonyl (C=O) groups is 1. The Morgan fingerprint density at radius 1 is 1.40 bits per heavy atom. The van der Waals surface area contributed by atoms with E-state index in [1.165, 1.54) is 5.56 Å². The predicted octanol–water partition coefficient (Wildman–Crippen LogP) is 1.96. The predicted molar refractivity (Wildman–Crippen MR) is 78.5 cm³/mol. The van der Waals surface area contributed by atoms with E-state index in [-0.39, 0.29) is 11.9 Å². The first-order valence-corrected chi connectivity index (χ1v) is 6.55. The topological polar surface area (TPSA) is 71.2 Å². The second kappa shape index (κ2) is 4.94. The summed E-state index contributed by atoms with van der Waals surface area (Å²) in [5, 5.41) is 0. The lowest BCUT2D eigenvalue weighted by Gasteiger charge is -2.22. The number of pyridine rings is 1. The van der Waals surface area contributed by atoms with E-state index in [4.69, 9.17) is 5.84 Å². The highest BCUT2D eigenvalue weighted by Crippen LogP contribution is 2.33. The van der Waals surface area contributed by atoms with Gasteiger partial charge in [0.05, 0.1) is 0 Å². The second-order valence-electron chi connectivity index (χ2n) is 4.93. The first kappa shape index (κ1) is 12.6. The largest absolute Gasteiger partial charge is 0.308 e. The molecular formula is C15H16N4O. The Labute approximate surface area is 117 Å². The molecule has 5 nitrogen and oxygen atoms in total. The minimum Gasteiger partial charge on any atom is -0.308 e. The summed E-state index contributed by atoms with van der Waals surface area (Å²) in [6, 6.07) is 11.5. The van der Waals surface area contributed by atoms with Crippen LogP contribution in [0.15, 0.2) is 42.6 Å². The number of nitrogens with two attached hydrogens (primary N) is 1. The Morgan fingerprint density at radius 3 is 3.00 bits per heavy atom. The Hall–Kier alpha value is -2.40. The van der Waals surface area contributed by atoms with Gasteiger partial charge in [-0.1, -0.05) is 18.2 Å². The van der Waals surface area contributed by atoms with E-state index in [0.29, 0.717) is 11.4 Å². The van der Waals surface area contributed by atoms with Gasteiger partial charge < -0.3 is 10.3 Å². The standard InChI is InChI=1S/C15H16N4O/c1-10-8-11-4-2-3-5-13(11)19(10)15(20)12-6-7-17-14(9-12)18-16/h2-7,9-10H,8,16H2,1H3,(H,17,18). The molecule has 1 aliphatic heterocycles. The number of anilines is 2. The Kier molecular flexibility index (Phi) is 3.12. The average molecular weight is 268 g/mol. The number of hydrazine groups is 1. The molecule has 0 saturated heterocycles. The van der Waals surface area contributed by atoms with Crippen LogP contribution in [0.3, 0.4) is 0 Å². The molecular weight excluding hydrogens is 252 g/mol. The van der Waals surface area contributed by atoms with E-state index >= 15 is 0 Å². The first-order valence-electron chi connectivity index (χ1n) is 6.55. The maximum Gasteiger partial charge on any atom is 0.258 e. The van der Waals surface area contributed by atoms with Crippen LogP contribution in [0.2, 0.25) is 0 Å². The van der Waals surface area contributed by atoms with Crippen molar-refractivity contribution in [3.63, 3.8) is 0 Å². The molecule has 0 aliphatic carbocycles. The Morgan fingerprint density at radius 2 is 2.20 bits per heavy atom. The minimum atomic E-state index is -0.0265. The molecule has 5 heteroatoms. The fourth-order valence-corrected chi connectivity index (χ4v) is 2.66. The zero-order valence-electron chi connectivity index (χ0n) is 11.2. The van der Waals surface area contributed by atoms with E-state index < -0.39 is 0 Å². The molecule has 20 heavy (non-hydrogen) atoms. The van der Waals surface area contributed by atoms with Crippen molar-refractivity contribution in [2.45, 2.75) is 19.4 Å². The summed E-state index contributed by atoms with van der Waals surface area (Å²) in [5.74, 6) is 5.79. The van der Waals surface area contributed by atoms with Crippen LogP contribution in [0.5, 0.6) is 0 Å². The first-order chi connectivity index (χ1) is 9.70. The summed E-state index contributed by atoms with van der Waals surface area (Å²) in [7, 11) is 0. The van der Waals surface area contributed by atoms with E-state index in [1.54, 1.807) is 18.3 Å². The molecule has 0 spiro atoms. The SMILES string of the molecule is CC1Cc2ccccc2N1C(=O)c1ccnc(NN)c1. The summed E-state index contributed by atoms with van der Waals surface area (Å²) >= 11 is 0. The number of fused-ring (bicyclic) bond motifs is 1. The zero-order valence-corrected chi connectivity index (χ0v) is 11.2. The van der Waals surface area contributed by atoms with Crippen LogP contribution >= 0.6 is 0 Å². The summed E-state index contributed by atoms with van der Waals surface area (Å²) in [5.41, 5.74) is 5.24. The number of aromatic nitrogens is 1. The molecule has 2 heterocycles. The smallest absolute Gasteiger partial charge is 0.258 e. The van der Waals surface area contributed by atoms with Crippen molar-refractivity contribution in [1.82, 2.24) is 4.98 Å². The average Bonchev–Trinajstić information content (AvgIpc) is 2.82. The van der Waals surface area contributed by atoms with Crippen LogP contribution in [-0.4, -0.2) is 16.9 Å². The zero-order chi connectivity index (χ0) is 14.1. The lowest BCUT2D eigenvalue weighted by Crippen LogP contribution is -2.35. The molecule has 0 fully saturated rings. The highest BCUT2D eigenvalue weighted by Gasteiger charge is 2.31. The van der Waals surface area contributed by atoms with Gasteiger partial charge in [-0.2, -0.15) is 0 Å². The van der Waals surface area contributed by atoms with Crippen molar-refractivity contribution in [3.05, 3.63) is 53.7 Å². The van der Waals surface area contributed by atoms with E-state index in [0.717, 1.165) is 12.1 Å². The molecule has 1 aromatic carbocycles. The second-order valence-corrected chi connectivity index (χ2v) is 4.93. The molecule has 0 saturated carbocycles. The van der Waals surface area contributed by atoms with Gasteiger partial charge in [-0.3, -0.25) is 4.79 Å². The molecule has 3 N–H and O–H groups in total. The van der Waals surface area contributed by atoms with Gasteiger partial charge in [0.25, 0.3) is 5.91 Å². The maximum atomic E-state index is 12.7. The highest BCUT2D eigenvalue weighted by molar-refractivity contribution is 6.08. The summed E-state index contributed by atoms with van der Waals surface area (Å²) in [6.07, 6.45) is 2.46. The van der Waals surface area contributed by atoms with Crippen LogP contribution in [0.1, 0.15) is 22.8 Å². The molecule has 1 unspecified atom stereocenters. The number of carbonyl (C=O) groups excluding carboxylic acids is 1. The number of para-hydroxylation sites is 1. The number of nitrogens with one attached hydrogen (secondary N) is 1. The third-order valence-electron chi connectivity index (χ3n) is 3.58. The molecule has 3 rings (SSSR count). The fraction of sp³-hybridized carbons (Fsp3) is 0.200. The molecule has 102 valence electrons. The van der Waals surface area contributed by atoms with Gasteiger partial charge in [-0.05, 0) is 37.1 Å². The van der Waals surface area contributed by atoms with Gasteiger partial charge in [0.15, 0.2) is 0 Å². The summed E-state index contributed by atoms with van der Waals surface area (Å²) < 4.78 is 0. The Bertz CT molecular complexity index is 656. The van der Waals surface area contributed by atoms with Gasteiger partial charge in [0.2, 0.25) is 0 Å². The van der Waals surface area contributed by atoms with Crippen molar-refractivity contribution in [1.29, 1.82) is 0 Å². The summed E-state index contributed by atoms with van der Waals surface area (Å²) in [6.45, 7) is 2.06. The minimum absolute atomic E-state index is 0.0265. The third kappa shape index (κ3) is 2.02. The molecule has 0 radical (unpaired) electrons. The van der Waals surface area contributed by atoms with Gasteiger partial charge in [0, 0.05) is 23.5 Å². The number of hydrogen-bond donors (Lipinski definition) is 2. The molecule has 0 bridgehead atoms. The number of benzene rings is 1. The normalized spacial score (nSPS) is 16.9. The van der Waals surface area contributed by atoms with Crippen molar-refractivity contribution in [3.8, 4) is 0 Å². The van der Waals surface area contributed by atoms with Crippen LogP contribution in [-0.2, 0) is 6.42 Å². The van der Waals surface area contributed by atoms with E-state index in [2.05, 4.69) is 23.4 Å². The molecule has 1 amide bonds. The number of nitrogen functional groups attached to an aromatic ring is 1. The van der Waals surface area contributed by atoms with E-state index in [1.807, 2.05) is 23.1 Å². The van der Waals surface area contributed by atoms with Gasteiger partial charge in [-0.25, -0.2) is 10.8 Å². The molecule has 1 aliphatic rings. The number of rotatable bonds is 2. The van der Waals surface area contributed by atoms with Crippen LogP contribution in [0.25, 0.3) is 0 Å². The Balaban J connectivity index is 1.98. The van der Waals surface area contributed by atoms with Crippen molar-refractivity contribution >= 4 is 17.4 Å². The van der Waals surface area contributed by atoms with Gasteiger partial charge in [-0.15, -0.1) is 0 Å². The van der Waals surface area contributed by atoms with E-state index in [9.17, 15) is 4.79 Å². The third-order valence-corrected chi connectivity index (χ3v) is 3.58. The van der Waals surface area contributed by atoms with Crippen LogP contribution in [0.4, 0.5) is 11.5 Å². The quantitative estimate of drug-likeness (QED) is 0.645. The van der Waals surface area contributed by atoms with Gasteiger partial charge >= 0.3 is 0 Å². The lowest BCUT2D eigenvalue weighted by molar-refractivity contribution is 0.0981. The molecule has 1 atom stereocenters. The van der Waals surface area contributed by atoms with Crippen molar-refractivity contribution in [2.75, 3.05) is 10.3 Å². The van der Waals surface area contributed by atoms with Crippen molar-refractivity contribution in [2.24, 2.45) is 5.84 Å². The van der Waals surface area contributed by atoms with Crippen LogP contribution in [0, 0.1) is 0 Å².